The second kappa shape index (κ2) is 7.46. The third-order valence-electron chi connectivity index (χ3n) is 6.94. The SMILES string of the molecule is Cc1ccc(C2(c3ccc(C)c(C)c3)c3cc(Br)ccc3-c3ccc(Br)cc32)cc1C. The van der Waals surface area contributed by atoms with E-state index in [9.17, 15) is 0 Å². The maximum absolute atomic E-state index is 3.76. The number of halogens is 2. The lowest BCUT2D eigenvalue weighted by atomic mass is 9.67. The van der Waals surface area contributed by atoms with Crippen LogP contribution in [0.1, 0.15) is 44.5 Å². The topological polar surface area (TPSA) is 0 Å². The minimum absolute atomic E-state index is 0.366. The van der Waals surface area contributed by atoms with Crippen LogP contribution in [0.15, 0.2) is 81.7 Å². The normalized spacial score (nSPS) is 13.7. The Kier molecular flexibility index (Phi) is 4.99. The van der Waals surface area contributed by atoms with Crippen LogP contribution >= 0.6 is 31.9 Å². The van der Waals surface area contributed by atoms with Crippen LogP contribution < -0.4 is 0 Å². The van der Waals surface area contributed by atoms with Crippen molar-refractivity contribution in [2.24, 2.45) is 0 Å². The van der Waals surface area contributed by atoms with E-state index in [2.05, 4.69) is 132 Å². The van der Waals surface area contributed by atoms with E-state index in [4.69, 9.17) is 0 Å². The van der Waals surface area contributed by atoms with Gasteiger partial charge in [0.15, 0.2) is 0 Å². The molecule has 0 bridgehead atoms. The van der Waals surface area contributed by atoms with Crippen molar-refractivity contribution < 1.29 is 0 Å². The highest BCUT2D eigenvalue weighted by Gasteiger charge is 2.46. The van der Waals surface area contributed by atoms with Gasteiger partial charge in [-0.25, -0.2) is 0 Å². The molecule has 0 heterocycles. The first-order chi connectivity index (χ1) is 14.8. The lowest BCUT2D eigenvalue weighted by Gasteiger charge is -2.35. The molecule has 0 atom stereocenters. The molecule has 2 heteroatoms. The lowest BCUT2D eigenvalue weighted by Crippen LogP contribution is -2.29. The maximum Gasteiger partial charge on any atom is 0.0714 e. The van der Waals surface area contributed by atoms with Crippen LogP contribution in [0.25, 0.3) is 11.1 Å². The van der Waals surface area contributed by atoms with E-state index in [1.165, 1.54) is 55.6 Å². The van der Waals surface area contributed by atoms with Crippen molar-refractivity contribution in [2.75, 3.05) is 0 Å². The minimum Gasteiger partial charge on any atom is -0.0587 e. The fourth-order valence-corrected chi connectivity index (χ4v) is 5.73. The van der Waals surface area contributed by atoms with E-state index in [-0.39, 0.29) is 5.41 Å². The third kappa shape index (κ3) is 3.07. The maximum atomic E-state index is 3.76. The van der Waals surface area contributed by atoms with E-state index < -0.39 is 0 Å². The highest BCUT2D eigenvalue weighted by atomic mass is 79.9. The van der Waals surface area contributed by atoms with Crippen molar-refractivity contribution in [2.45, 2.75) is 33.1 Å². The van der Waals surface area contributed by atoms with Crippen LogP contribution in [0.4, 0.5) is 0 Å². The van der Waals surface area contributed by atoms with Gasteiger partial charge in [0, 0.05) is 8.95 Å². The van der Waals surface area contributed by atoms with E-state index in [1.807, 2.05) is 0 Å². The Labute approximate surface area is 201 Å². The van der Waals surface area contributed by atoms with Crippen molar-refractivity contribution in [3.63, 3.8) is 0 Å². The Balaban J connectivity index is 2.00. The zero-order valence-electron chi connectivity index (χ0n) is 18.2. The molecule has 4 aromatic carbocycles. The molecule has 0 radical (unpaired) electrons. The van der Waals surface area contributed by atoms with Crippen LogP contribution in [0.2, 0.25) is 0 Å². The van der Waals surface area contributed by atoms with Crippen LogP contribution in [0.5, 0.6) is 0 Å². The molecule has 0 amide bonds. The summed E-state index contributed by atoms with van der Waals surface area (Å²) >= 11 is 7.53. The summed E-state index contributed by atoms with van der Waals surface area (Å²) in [6.45, 7) is 8.80. The summed E-state index contributed by atoms with van der Waals surface area (Å²) in [5.74, 6) is 0. The van der Waals surface area contributed by atoms with Gasteiger partial charge in [0.1, 0.15) is 0 Å². The molecule has 0 unspecified atom stereocenters. The summed E-state index contributed by atoms with van der Waals surface area (Å²) < 4.78 is 2.21. The molecule has 0 saturated carbocycles. The molecule has 0 saturated heterocycles. The Morgan fingerprint density at radius 2 is 0.903 bits per heavy atom. The molecule has 1 aliphatic carbocycles. The number of rotatable bonds is 2. The van der Waals surface area contributed by atoms with Gasteiger partial charge in [0.2, 0.25) is 0 Å². The van der Waals surface area contributed by atoms with Gasteiger partial charge in [-0.05, 0) is 108 Å². The monoisotopic (exact) mass is 530 g/mol. The molecule has 31 heavy (non-hydrogen) atoms. The standard InChI is InChI=1S/C29H24Br2/c1-17-5-7-21(13-19(17)3)29(22-8-6-18(2)20(4)14-22)27-15-23(30)9-11-25(27)26-12-10-24(31)16-28(26)29/h5-16H,1-4H3. The number of hydrogen-bond donors (Lipinski definition) is 0. The van der Waals surface area contributed by atoms with Gasteiger partial charge in [-0.2, -0.15) is 0 Å². The molecular formula is C29H24Br2. The molecule has 0 spiro atoms. The first-order valence-electron chi connectivity index (χ1n) is 10.6. The van der Waals surface area contributed by atoms with Gasteiger partial charge >= 0.3 is 0 Å². The van der Waals surface area contributed by atoms with Crippen LogP contribution in [0.3, 0.4) is 0 Å². The Bertz CT molecular complexity index is 1240. The molecule has 0 nitrogen and oxygen atoms in total. The molecule has 0 aromatic heterocycles. The average Bonchev–Trinajstić information content (AvgIpc) is 3.01. The fourth-order valence-electron chi connectivity index (χ4n) is 5.01. The molecule has 1 aliphatic rings. The molecule has 5 rings (SSSR count). The lowest BCUT2D eigenvalue weighted by molar-refractivity contribution is 0.764. The van der Waals surface area contributed by atoms with Gasteiger partial charge in [0.25, 0.3) is 0 Å². The van der Waals surface area contributed by atoms with Gasteiger partial charge in [-0.3, -0.25) is 0 Å². The van der Waals surface area contributed by atoms with Crippen molar-refractivity contribution in [3.8, 4) is 11.1 Å². The highest BCUT2D eigenvalue weighted by molar-refractivity contribution is 9.10. The predicted octanol–water partition coefficient (Wildman–Crippen LogP) is 8.81. The summed E-state index contributed by atoms with van der Waals surface area (Å²) in [6.07, 6.45) is 0. The molecular weight excluding hydrogens is 508 g/mol. The molecule has 4 aromatic rings. The third-order valence-corrected chi connectivity index (χ3v) is 7.93. The fraction of sp³-hybridized carbons (Fsp3) is 0.172. The van der Waals surface area contributed by atoms with Crippen molar-refractivity contribution >= 4 is 31.9 Å². The van der Waals surface area contributed by atoms with Gasteiger partial charge in [-0.15, -0.1) is 0 Å². The van der Waals surface area contributed by atoms with Crippen molar-refractivity contribution in [1.82, 2.24) is 0 Å². The predicted molar refractivity (Wildman–Crippen MR) is 138 cm³/mol. The molecule has 0 aliphatic heterocycles. The smallest absolute Gasteiger partial charge is 0.0587 e. The minimum atomic E-state index is -0.366. The molecule has 0 fully saturated rings. The number of hydrogen-bond acceptors (Lipinski definition) is 0. The summed E-state index contributed by atoms with van der Waals surface area (Å²) in [5, 5.41) is 0. The Hall–Kier alpha value is -2.16. The van der Waals surface area contributed by atoms with E-state index in [1.54, 1.807) is 0 Å². The zero-order valence-corrected chi connectivity index (χ0v) is 21.4. The van der Waals surface area contributed by atoms with Crippen molar-refractivity contribution in [1.29, 1.82) is 0 Å². The van der Waals surface area contributed by atoms with Gasteiger partial charge in [0.05, 0.1) is 5.41 Å². The second-order valence-corrected chi connectivity index (χ2v) is 10.6. The number of fused-ring (bicyclic) bond motifs is 3. The zero-order chi connectivity index (χ0) is 21.9. The van der Waals surface area contributed by atoms with Crippen molar-refractivity contribution in [3.05, 3.63) is 126 Å². The quantitative estimate of drug-likeness (QED) is 0.213. The van der Waals surface area contributed by atoms with E-state index >= 15 is 0 Å². The van der Waals surface area contributed by atoms with Crippen LogP contribution in [-0.4, -0.2) is 0 Å². The average molecular weight is 532 g/mol. The Morgan fingerprint density at radius 1 is 0.484 bits per heavy atom. The summed E-state index contributed by atoms with van der Waals surface area (Å²) in [4.78, 5) is 0. The second-order valence-electron chi connectivity index (χ2n) is 8.73. The first kappa shape index (κ1) is 20.7. The summed E-state index contributed by atoms with van der Waals surface area (Å²) in [7, 11) is 0. The summed E-state index contributed by atoms with van der Waals surface area (Å²) in [6, 6.07) is 27.4. The van der Waals surface area contributed by atoms with Gasteiger partial charge in [-0.1, -0.05) is 80.4 Å². The largest absolute Gasteiger partial charge is 0.0714 e. The van der Waals surface area contributed by atoms with Crippen LogP contribution in [0, 0.1) is 27.7 Å². The van der Waals surface area contributed by atoms with Crippen LogP contribution in [-0.2, 0) is 5.41 Å². The number of aryl methyl sites for hydroxylation is 4. The molecule has 154 valence electrons. The Morgan fingerprint density at radius 3 is 1.29 bits per heavy atom. The summed E-state index contributed by atoms with van der Waals surface area (Å²) in [5.41, 5.74) is 12.8. The van der Waals surface area contributed by atoms with E-state index in [0.29, 0.717) is 0 Å². The molecule has 0 N–H and O–H groups in total. The van der Waals surface area contributed by atoms with E-state index in [0.717, 1.165) is 8.95 Å². The number of benzene rings is 4. The highest BCUT2D eigenvalue weighted by Crippen LogP contribution is 2.57. The first-order valence-corrected chi connectivity index (χ1v) is 12.2. The van der Waals surface area contributed by atoms with Gasteiger partial charge < -0.3 is 0 Å².